The van der Waals surface area contributed by atoms with E-state index in [2.05, 4.69) is 16.8 Å². The van der Waals surface area contributed by atoms with Gasteiger partial charge in [-0.15, -0.1) is 0 Å². The Kier molecular flexibility index (Phi) is 3.86. The monoisotopic (exact) mass is 84.1 g/mol. The van der Waals surface area contributed by atoms with Crippen molar-refractivity contribution in [3.05, 3.63) is 12.8 Å². The van der Waals surface area contributed by atoms with Gasteiger partial charge in [0.1, 0.15) is 0 Å². The third kappa shape index (κ3) is 3.34. The van der Waals surface area contributed by atoms with Crippen molar-refractivity contribution in [3.8, 4) is 0 Å². The van der Waals surface area contributed by atoms with Gasteiger partial charge in [0, 0.05) is 6.20 Å². The summed E-state index contributed by atoms with van der Waals surface area (Å²) >= 11 is 0. The molecule has 0 atom stereocenters. The van der Waals surface area contributed by atoms with Gasteiger partial charge in [0.05, 0.1) is 6.54 Å². The van der Waals surface area contributed by atoms with Crippen LogP contribution in [0.1, 0.15) is 6.92 Å². The fourth-order valence-corrected chi connectivity index (χ4v) is 0.139. The van der Waals surface area contributed by atoms with Crippen LogP contribution < -0.4 is 0 Å². The molecule has 0 fully saturated rings. The predicted octanol–water partition coefficient (Wildman–Crippen LogP) is 1.60. The third-order valence-corrected chi connectivity index (χ3v) is 0.305. The van der Waals surface area contributed by atoms with E-state index in [0.717, 1.165) is 6.54 Å². The Morgan fingerprint density at radius 3 is 2.67 bits per heavy atom. The Balaban J connectivity index is 2.94. The molecule has 2 heteroatoms. The molecule has 0 aromatic carbocycles. The molecule has 0 radical (unpaired) electrons. The lowest BCUT2D eigenvalue weighted by molar-refractivity contribution is 1.00. The highest BCUT2D eigenvalue weighted by Gasteiger charge is 1.55. The predicted molar refractivity (Wildman–Crippen MR) is 25.6 cm³/mol. The number of rotatable bonds is 2. The first-order valence-corrected chi connectivity index (χ1v) is 1.89. The lowest BCUT2D eigenvalue weighted by atomic mass is 10.8. The largest absolute Gasteiger partial charge is 0.190 e. The minimum Gasteiger partial charge on any atom is -0.190 e. The Morgan fingerprint density at radius 2 is 2.50 bits per heavy atom. The summed E-state index contributed by atoms with van der Waals surface area (Å²) in [4.78, 5) is 0. The van der Waals surface area contributed by atoms with Crippen LogP contribution >= 0.6 is 0 Å². The third-order valence-electron chi connectivity index (χ3n) is 0.305. The van der Waals surface area contributed by atoms with Gasteiger partial charge in [-0.05, 0) is 6.92 Å². The second kappa shape index (κ2) is 4.34. The fraction of sp³-hybridized carbons (Fsp3) is 0.500. The van der Waals surface area contributed by atoms with Gasteiger partial charge in [0.15, 0.2) is 0 Å². The molecule has 0 aromatic heterocycles. The standard InChI is InChI=1S/C4H8N2/c1-3-5-6-4-2/h3H,1,4H2,2H3. The Labute approximate surface area is 37.6 Å². The molecule has 34 valence electrons. The molecule has 0 aliphatic heterocycles. The molecule has 2 nitrogen and oxygen atoms in total. The van der Waals surface area contributed by atoms with Crippen molar-refractivity contribution in [1.82, 2.24) is 0 Å². The minimum absolute atomic E-state index is 0.742. The van der Waals surface area contributed by atoms with Crippen LogP contribution in [0.2, 0.25) is 0 Å². The summed E-state index contributed by atoms with van der Waals surface area (Å²) in [6, 6.07) is 0. The van der Waals surface area contributed by atoms with Crippen LogP contribution in [-0.4, -0.2) is 6.54 Å². The van der Waals surface area contributed by atoms with E-state index in [1.165, 1.54) is 6.20 Å². The first-order valence-electron chi connectivity index (χ1n) is 1.89. The molecule has 0 aliphatic rings. The van der Waals surface area contributed by atoms with Gasteiger partial charge in [0.2, 0.25) is 0 Å². The molecule has 6 heavy (non-hydrogen) atoms. The van der Waals surface area contributed by atoms with Gasteiger partial charge in [0.25, 0.3) is 0 Å². The summed E-state index contributed by atoms with van der Waals surface area (Å²) in [7, 11) is 0. The zero-order valence-corrected chi connectivity index (χ0v) is 3.89. The SMILES string of the molecule is C=CN=NCC. The summed E-state index contributed by atoms with van der Waals surface area (Å²) in [5.74, 6) is 0. The zero-order valence-electron chi connectivity index (χ0n) is 3.89. The molecule has 0 aromatic rings. The number of hydrogen-bond acceptors (Lipinski definition) is 2. The quantitative estimate of drug-likeness (QED) is 0.454. The van der Waals surface area contributed by atoms with Crippen LogP contribution in [0.4, 0.5) is 0 Å². The van der Waals surface area contributed by atoms with Crippen LogP contribution in [-0.2, 0) is 0 Å². The van der Waals surface area contributed by atoms with Crippen molar-refractivity contribution in [1.29, 1.82) is 0 Å². The van der Waals surface area contributed by atoms with Crippen molar-refractivity contribution in [2.24, 2.45) is 10.2 Å². The number of hydrogen-bond donors (Lipinski definition) is 0. The van der Waals surface area contributed by atoms with Crippen molar-refractivity contribution < 1.29 is 0 Å². The Hall–Kier alpha value is -0.660. The summed E-state index contributed by atoms with van der Waals surface area (Å²) in [5.41, 5.74) is 0. The molecular formula is C4H8N2. The molecule has 0 amide bonds. The highest BCUT2D eigenvalue weighted by molar-refractivity contribution is 4.56. The van der Waals surface area contributed by atoms with E-state index in [4.69, 9.17) is 0 Å². The first kappa shape index (κ1) is 5.34. The second-order valence-electron chi connectivity index (χ2n) is 0.756. The van der Waals surface area contributed by atoms with E-state index in [9.17, 15) is 0 Å². The molecule has 0 aliphatic carbocycles. The van der Waals surface area contributed by atoms with Gasteiger partial charge in [-0.1, -0.05) is 6.58 Å². The van der Waals surface area contributed by atoms with Gasteiger partial charge in [-0.25, -0.2) is 0 Å². The highest BCUT2D eigenvalue weighted by atomic mass is 15.1. The normalized spacial score (nSPS) is 9.50. The van der Waals surface area contributed by atoms with Gasteiger partial charge < -0.3 is 0 Å². The van der Waals surface area contributed by atoms with E-state index in [1.54, 1.807) is 0 Å². The molecule has 0 unspecified atom stereocenters. The molecule has 0 heterocycles. The molecule has 0 bridgehead atoms. The van der Waals surface area contributed by atoms with Crippen LogP contribution in [0.3, 0.4) is 0 Å². The van der Waals surface area contributed by atoms with E-state index in [0.29, 0.717) is 0 Å². The molecular weight excluding hydrogens is 76.1 g/mol. The molecule has 0 N–H and O–H groups in total. The maximum atomic E-state index is 3.60. The first-order chi connectivity index (χ1) is 2.91. The van der Waals surface area contributed by atoms with Crippen molar-refractivity contribution in [2.45, 2.75) is 6.92 Å². The Morgan fingerprint density at radius 1 is 1.83 bits per heavy atom. The number of azo groups is 1. The van der Waals surface area contributed by atoms with E-state index < -0.39 is 0 Å². The van der Waals surface area contributed by atoms with Gasteiger partial charge >= 0.3 is 0 Å². The average molecular weight is 84.1 g/mol. The summed E-state index contributed by atoms with van der Waals surface area (Å²) in [6.45, 7) is 6.00. The van der Waals surface area contributed by atoms with Gasteiger partial charge in [-0.3, -0.25) is 0 Å². The minimum atomic E-state index is 0.742. The fourth-order valence-electron chi connectivity index (χ4n) is 0.139. The van der Waals surface area contributed by atoms with Crippen LogP contribution in [0.25, 0.3) is 0 Å². The van der Waals surface area contributed by atoms with Crippen molar-refractivity contribution in [3.63, 3.8) is 0 Å². The topological polar surface area (TPSA) is 24.7 Å². The highest BCUT2D eigenvalue weighted by Crippen LogP contribution is 1.70. The lowest BCUT2D eigenvalue weighted by Crippen LogP contribution is -1.57. The summed E-state index contributed by atoms with van der Waals surface area (Å²) < 4.78 is 0. The second-order valence-corrected chi connectivity index (χ2v) is 0.756. The van der Waals surface area contributed by atoms with Gasteiger partial charge in [-0.2, -0.15) is 10.2 Å². The van der Waals surface area contributed by atoms with Crippen LogP contribution in [0.15, 0.2) is 23.0 Å². The van der Waals surface area contributed by atoms with E-state index in [1.807, 2.05) is 6.92 Å². The average Bonchev–Trinajstić information content (AvgIpc) is 1.61. The lowest BCUT2D eigenvalue weighted by Gasteiger charge is -1.68. The molecule has 0 saturated heterocycles. The maximum Gasteiger partial charge on any atom is 0.0574 e. The molecule has 0 rings (SSSR count). The van der Waals surface area contributed by atoms with Crippen LogP contribution in [0, 0.1) is 0 Å². The smallest absolute Gasteiger partial charge is 0.0574 e. The maximum absolute atomic E-state index is 3.60. The Bertz CT molecular complexity index is 56.6. The zero-order chi connectivity index (χ0) is 4.83. The summed E-state index contributed by atoms with van der Waals surface area (Å²) in [5, 5.41) is 7.08. The summed E-state index contributed by atoms with van der Waals surface area (Å²) in [6.07, 6.45) is 1.42. The van der Waals surface area contributed by atoms with Crippen molar-refractivity contribution >= 4 is 0 Å². The molecule has 0 spiro atoms. The van der Waals surface area contributed by atoms with Crippen molar-refractivity contribution in [2.75, 3.05) is 6.54 Å². The number of nitrogens with zero attached hydrogens (tertiary/aromatic N) is 2. The molecule has 0 saturated carbocycles. The van der Waals surface area contributed by atoms with E-state index in [-0.39, 0.29) is 0 Å². The van der Waals surface area contributed by atoms with E-state index >= 15 is 0 Å². The van der Waals surface area contributed by atoms with Crippen LogP contribution in [0.5, 0.6) is 0 Å².